The smallest absolute Gasteiger partial charge is 0.220 e. The summed E-state index contributed by atoms with van der Waals surface area (Å²) >= 11 is 0. The molecule has 9 N–H and O–H groups in total. The van der Waals surface area contributed by atoms with E-state index in [1.54, 1.807) is 0 Å². The van der Waals surface area contributed by atoms with Gasteiger partial charge in [-0.15, -0.1) is 0 Å². The Labute approximate surface area is 444 Å². The van der Waals surface area contributed by atoms with Crippen LogP contribution in [-0.4, -0.2) is 140 Å². The molecule has 0 saturated carbocycles. The summed E-state index contributed by atoms with van der Waals surface area (Å²) in [5.41, 5.74) is 0. The molecule has 2 aliphatic heterocycles. The highest BCUT2D eigenvalue weighted by Crippen LogP contribution is 2.30. The van der Waals surface area contributed by atoms with Crippen molar-refractivity contribution in [3.63, 3.8) is 0 Å². The molecule has 0 aromatic rings. The van der Waals surface area contributed by atoms with Gasteiger partial charge in [0.25, 0.3) is 0 Å². The fourth-order valence-corrected chi connectivity index (χ4v) is 10.3. The van der Waals surface area contributed by atoms with Gasteiger partial charge in [-0.3, -0.25) is 4.79 Å². The highest BCUT2D eigenvalue weighted by molar-refractivity contribution is 5.76. The van der Waals surface area contributed by atoms with Crippen molar-refractivity contribution in [2.24, 2.45) is 0 Å². The topological polar surface area (TPSA) is 228 Å². The predicted molar refractivity (Wildman–Crippen MR) is 291 cm³/mol. The first kappa shape index (κ1) is 67.8. The predicted octanol–water partition coefficient (Wildman–Crippen LogP) is 10.3. The van der Waals surface area contributed by atoms with Crippen LogP contribution in [-0.2, 0) is 23.7 Å². The normalized spacial score (nSPS) is 25.4. The fourth-order valence-electron chi connectivity index (χ4n) is 10.3. The summed E-state index contributed by atoms with van der Waals surface area (Å²) in [7, 11) is 0. The molecule has 14 heteroatoms. The Morgan fingerprint density at radius 1 is 0.479 bits per heavy atom. The molecule has 0 aromatic heterocycles. The van der Waals surface area contributed by atoms with Gasteiger partial charge in [0, 0.05) is 6.42 Å². The molecule has 0 radical (unpaired) electrons. The van der Waals surface area contributed by atoms with Crippen molar-refractivity contribution in [2.45, 2.75) is 338 Å². The summed E-state index contributed by atoms with van der Waals surface area (Å²) in [4.78, 5) is 13.2. The zero-order chi connectivity index (χ0) is 53.2. The number of amides is 1. The largest absolute Gasteiger partial charge is 0.394 e. The number of unbranched alkanes of at least 4 members (excludes halogenated alkanes) is 34. The van der Waals surface area contributed by atoms with Crippen LogP contribution in [0.4, 0.5) is 0 Å². The average Bonchev–Trinajstić information content (AvgIpc) is 3.39. The first-order valence-corrected chi connectivity index (χ1v) is 30.4. The second-order valence-electron chi connectivity index (χ2n) is 21.8. The van der Waals surface area contributed by atoms with Crippen LogP contribution in [0.1, 0.15) is 264 Å². The number of aliphatic hydroxyl groups excluding tert-OH is 8. The summed E-state index contributed by atoms with van der Waals surface area (Å²) in [6, 6.07) is -0.830. The number of ether oxygens (including phenoxy) is 4. The molecule has 2 heterocycles. The fraction of sp³-hybridized carbons (Fsp3) is 0.949. The second kappa shape index (κ2) is 45.7. The van der Waals surface area contributed by atoms with Gasteiger partial charge in [0.1, 0.15) is 48.8 Å². The van der Waals surface area contributed by atoms with Gasteiger partial charge in [-0.2, -0.15) is 0 Å². The van der Waals surface area contributed by atoms with Gasteiger partial charge in [0.15, 0.2) is 12.6 Å². The molecule has 0 spiro atoms. The highest BCUT2D eigenvalue weighted by Gasteiger charge is 2.51. The quantitative estimate of drug-likeness (QED) is 0.0204. The molecule has 12 unspecified atom stereocenters. The van der Waals surface area contributed by atoms with Crippen LogP contribution in [0.3, 0.4) is 0 Å². The van der Waals surface area contributed by atoms with Crippen LogP contribution in [0.25, 0.3) is 0 Å². The van der Waals surface area contributed by atoms with E-state index in [0.717, 1.165) is 64.2 Å². The third-order valence-electron chi connectivity index (χ3n) is 15.2. The van der Waals surface area contributed by atoms with E-state index in [9.17, 15) is 45.6 Å². The van der Waals surface area contributed by atoms with Crippen LogP contribution in [0.5, 0.6) is 0 Å². The SMILES string of the molecule is CCCCCC/C=C\CCCCCCCC(=O)NC(COC1OC(CO)C(OC2OC(CO)C(O)C(O)C2O)C(O)C1O)C(O)CCCCCCCCCCCCCCCCCCCCCCCCCCCC. The van der Waals surface area contributed by atoms with Crippen molar-refractivity contribution in [3.05, 3.63) is 12.2 Å². The molecule has 432 valence electrons. The molecule has 0 aromatic carbocycles. The Morgan fingerprint density at radius 3 is 1.32 bits per heavy atom. The minimum absolute atomic E-state index is 0.213. The van der Waals surface area contributed by atoms with Gasteiger partial charge in [0.05, 0.1) is 32.0 Å². The van der Waals surface area contributed by atoms with Crippen molar-refractivity contribution in [3.8, 4) is 0 Å². The molecule has 0 bridgehead atoms. The first-order valence-electron chi connectivity index (χ1n) is 30.4. The molecule has 12 atom stereocenters. The summed E-state index contributed by atoms with van der Waals surface area (Å²) in [5.74, 6) is -0.213. The highest BCUT2D eigenvalue weighted by atomic mass is 16.7. The minimum Gasteiger partial charge on any atom is -0.394 e. The van der Waals surface area contributed by atoms with Crippen LogP contribution >= 0.6 is 0 Å². The lowest BCUT2D eigenvalue weighted by Gasteiger charge is -2.46. The zero-order valence-corrected chi connectivity index (χ0v) is 46.4. The van der Waals surface area contributed by atoms with Gasteiger partial charge >= 0.3 is 0 Å². The Morgan fingerprint density at radius 2 is 0.863 bits per heavy atom. The molecule has 2 fully saturated rings. The van der Waals surface area contributed by atoms with Crippen molar-refractivity contribution in [2.75, 3.05) is 19.8 Å². The van der Waals surface area contributed by atoms with Crippen molar-refractivity contribution < 1.29 is 64.6 Å². The zero-order valence-electron chi connectivity index (χ0n) is 46.4. The molecular weight excluding hydrogens is 931 g/mol. The lowest BCUT2D eigenvalue weighted by molar-refractivity contribution is -0.359. The molecule has 0 aliphatic carbocycles. The van der Waals surface area contributed by atoms with Gasteiger partial charge < -0.3 is 65.1 Å². The number of aliphatic hydroxyl groups is 8. The molecule has 14 nitrogen and oxygen atoms in total. The van der Waals surface area contributed by atoms with E-state index in [1.807, 2.05) is 0 Å². The van der Waals surface area contributed by atoms with E-state index < -0.39 is 86.8 Å². The average molecular weight is 1040 g/mol. The van der Waals surface area contributed by atoms with E-state index in [4.69, 9.17) is 18.9 Å². The third-order valence-corrected chi connectivity index (χ3v) is 15.2. The minimum atomic E-state index is -1.78. The third kappa shape index (κ3) is 31.7. The number of nitrogens with one attached hydrogen (secondary N) is 1. The number of carbonyl (C=O) groups is 1. The summed E-state index contributed by atoms with van der Waals surface area (Å²) in [6.07, 6.45) is 35.1. The Hall–Kier alpha value is -1.27. The Balaban J connectivity index is 1.70. The lowest BCUT2D eigenvalue weighted by atomic mass is 9.97. The van der Waals surface area contributed by atoms with Gasteiger partial charge in [-0.25, -0.2) is 0 Å². The molecule has 2 rings (SSSR count). The molecule has 2 aliphatic rings. The summed E-state index contributed by atoms with van der Waals surface area (Å²) < 4.78 is 22.8. The van der Waals surface area contributed by atoms with E-state index in [0.29, 0.717) is 19.3 Å². The molecular formula is C59H113NO13. The van der Waals surface area contributed by atoms with Crippen LogP contribution < -0.4 is 5.32 Å². The molecule has 1 amide bonds. The monoisotopic (exact) mass is 1040 g/mol. The standard InChI is InChI=1S/C59H113NO13/c1-3-5-7-9-11-13-15-17-18-19-20-21-22-23-24-25-26-27-28-29-31-32-34-36-38-40-42-48(63)47(60-51(64)43-41-39-37-35-33-30-16-14-12-10-8-6-4-2)46-70-58-56(69)54(67)57(50(45-62)72-58)73-59-55(68)53(66)52(65)49(44-61)71-59/h14,16,47-50,52-59,61-63,65-69H,3-13,15,17-46H2,1-2H3,(H,60,64)/b16-14-. The van der Waals surface area contributed by atoms with Gasteiger partial charge in [-0.1, -0.05) is 231 Å². The Bertz CT molecular complexity index is 1280. The molecule has 2 saturated heterocycles. The number of allylic oxidation sites excluding steroid dienone is 2. The van der Waals surface area contributed by atoms with Crippen molar-refractivity contribution in [1.29, 1.82) is 0 Å². The number of hydrogen-bond acceptors (Lipinski definition) is 13. The maximum absolute atomic E-state index is 13.2. The first-order chi connectivity index (χ1) is 35.6. The number of hydrogen-bond donors (Lipinski definition) is 9. The maximum Gasteiger partial charge on any atom is 0.220 e. The van der Waals surface area contributed by atoms with Crippen LogP contribution in [0.2, 0.25) is 0 Å². The van der Waals surface area contributed by atoms with E-state index >= 15 is 0 Å². The van der Waals surface area contributed by atoms with Crippen molar-refractivity contribution in [1.82, 2.24) is 5.32 Å². The Kier molecular flexibility index (Phi) is 42.5. The lowest BCUT2D eigenvalue weighted by Crippen LogP contribution is -2.65. The van der Waals surface area contributed by atoms with Crippen LogP contribution in [0, 0.1) is 0 Å². The number of carbonyl (C=O) groups excluding carboxylic acids is 1. The van der Waals surface area contributed by atoms with Crippen molar-refractivity contribution >= 4 is 5.91 Å². The van der Waals surface area contributed by atoms with Gasteiger partial charge in [0.2, 0.25) is 5.91 Å². The van der Waals surface area contributed by atoms with E-state index in [-0.39, 0.29) is 12.5 Å². The van der Waals surface area contributed by atoms with Gasteiger partial charge in [-0.05, 0) is 38.5 Å². The second-order valence-corrected chi connectivity index (χ2v) is 21.8. The summed E-state index contributed by atoms with van der Waals surface area (Å²) in [5, 5.41) is 87.2. The van der Waals surface area contributed by atoms with Crippen LogP contribution in [0.15, 0.2) is 12.2 Å². The van der Waals surface area contributed by atoms with E-state index in [2.05, 4.69) is 31.3 Å². The maximum atomic E-state index is 13.2. The summed E-state index contributed by atoms with van der Waals surface area (Å²) in [6.45, 7) is 2.86. The molecule has 73 heavy (non-hydrogen) atoms. The number of rotatable bonds is 49. The van der Waals surface area contributed by atoms with E-state index in [1.165, 1.54) is 167 Å².